The molecule has 27 heavy (non-hydrogen) atoms. The molecule has 4 rings (SSSR count). The number of pyridine rings is 1. The minimum absolute atomic E-state index is 0.312. The Balaban J connectivity index is 2.30. The van der Waals surface area contributed by atoms with E-state index in [9.17, 15) is 4.79 Å². The molecule has 0 bridgehead atoms. The summed E-state index contributed by atoms with van der Waals surface area (Å²) in [6.45, 7) is 5.87. The summed E-state index contributed by atoms with van der Waals surface area (Å²) in [5.74, 6) is 0.517. The number of methoxy groups -OCH3 is 1. The summed E-state index contributed by atoms with van der Waals surface area (Å²) in [5, 5.41) is 2.69. The Morgan fingerprint density at radius 3 is 2.63 bits per heavy atom. The van der Waals surface area contributed by atoms with Crippen LogP contribution in [0, 0.1) is 20.8 Å². The molecule has 0 atom stereocenters. The number of rotatable bonds is 3. The molecule has 1 aromatic carbocycles. The van der Waals surface area contributed by atoms with Gasteiger partial charge in [0.2, 0.25) is 0 Å². The average Bonchev–Trinajstić information content (AvgIpc) is 3.18. The number of nitrogen functional groups attached to an aromatic ring is 1. The maximum absolute atomic E-state index is 12.3. The molecule has 4 aromatic rings. The van der Waals surface area contributed by atoms with Crippen LogP contribution in [0.5, 0.6) is 5.75 Å². The molecule has 0 aliphatic rings. The lowest BCUT2D eigenvalue weighted by Crippen LogP contribution is -2.14. The molecular formula is C20H20N4O2S. The van der Waals surface area contributed by atoms with E-state index >= 15 is 0 Å². The van der Waals surface area contributed by atoms with Crippen LogP contribution in [0.2, 0.25) is 0 Å². The zero-order valence-electron chi connectivity index (χ0n) is 15.6. The van der Waals surface area contributed by atoms with Crippen molar-refractivity contribution < 1.29 is 9.53 Å². The lowest BCUT2D eigenvalue weighted by molar-refractivity contribution is 0.100. The number of amides is 1. The maximum atomic E-state index is 12.3. The van der Waals surface area contributed by atoms with Gasteiger partial charge in [0.25, 0.3) is 5.91 Å². The van der Waals surface area contributed by atoms with Crippen molar-refractivity contribution in [1.82, 2.24) is 9.55 Å². The predicted molar refractivity (Wildman–Crippen MR) is 110 cm³/mol. The topological polar surface area (TPSA) is 96.2 Å². The first-order valence-electron chi connectivity index (χ1n) is 8.48. The van der Waals surface area contributed by atoms with Crippen molar-refractivity contribution in [2.24, 2.45) is 5.73 Å². The number of hydrogen-bond donors (Lipinski definition) is 2. The first-order valence-corrected chi connectivity index (χ1v) is 9.36. The van der Waals surface area contributed by atoms with Gasteiger partial charge in [-0.3, -0.25) is 14.3 Å². The van der Waals surface area contributed by atoms with Crippen molar-refractivity contribution in [3.63, 3.8) is 0 Å². The van der Waals surface area contributed by atoms with Gasteiger partial charge in [0.15, 0.2) is 0 Å². The second kappa shape index (κ2) is 5.99. The van der Waals surface area contributed by atoms with Gasteiger partial charge in [-0.15, -0.1) is 11.3 Å². The Kier molecular flexibility index (Phi) is 3.85. The molecule has 0 saturated heterocycles. The molecule has 7 heteroatoms. The standard InChI is InChI=1S/C20H20N4O2S/c1-9-5-6-13(26-4)10(2)16(9)24-17-14(15(19(24)21)20(22)25)11(3)23-12-7-8-27-18(12)17/h5-8H,21H2,1-4H3,(H2,22,25). The number of aromatic nitrogens is 2. The van der Waals surface area contributed by atoms with E-state index in [4.69, 9.17) is 16.2 Å². The van der Waals surface area contributed by atoms with Gasteiger partial charge in [0.05, 0.1) is 34.1 Å². The minimum atomic E-state index is -0.560. The first-order chi connectivity index (χ1) is 12.9. The highest BCUT2D eigenvalue weighted by Gasteiger charge is 2.26. The van der Waals surface area contributed by atoms with Crippen LogP contribution in [-0.4, -0.2) is 22.6 Å². The molecule has 6 nitrogen and oxygen atoms in total. The van der Waals surface area contributed by atoms with Crippen LogP contribution in [0.15, 0.2) is 23.6 Å². The molecule has 0 aliphatic heterocycles. The Labute approximate surface area is 160 Å². The number of primary amides is 1. The van der Waals surface area contributed by atoms with Crippen molar-refractivity contribution in [1.29, 1.82) is 0 Å². The van der Waals surface area contributed by atoms with E-state index in [0.717, 1.165) is 44.0 Å². The van der Waals surface area contributed by atoms with E-state index in [1.54, 1.807) is 18.4 Å². The van der Waals surface area contributed by atoms with Crippen LogP contribution in [0.4, 0.5) is 5.82 Å². The third-order valence-electron chi connectivity index (χ3n) is 4.99. The van der Waals surface area contributed by atoms with E-state index in [2.05, 4.69) is 4.98 Å². The molecule has 0 spiro atoms. The number of hydrogen-bond acceptors (Lipinski definition) is 5. The van der Waals surface area contributed by atoms with Crippen LogP contribution in [0.1, 0.15) is 27.2 Å². The van der Waals surface area contributed by atoms with Crippen molar-refractivity contribution in [2.45, 2.75) is 20.8 Å². The van der Waals surface area contributed by atoms with Crippen LogP contribution in [0.25, 0.3) is 26.8 Å². The summed E-state index contributed by atoms with van der Waals surface area (Å²) in [6.07, 6.45) is 0. The Bertz CT molecular complexity index is 1240. The molecule has 0 aliphatic carbocycles. The Morgan fingerprint density at radius 2 is 1.96 bits per heavy atom. The third-order valence-corrected chi connectivity index (χ3v) is 5.90. The number of nitrogens with two attached hydrogens (primary N) is 2. The molecular weight excluding hydrogens is 360 g/mol. The summed E-state index contributed by atoms with van der Waals surface area (Å²) >= 11 is 1.57. The number of thiophene rings is 1. The second-order valence-electron chi connectivity index (χ2n) is 6.57. The van der Waals surface area contributed by atoms with E-state index < -0.39 is 5.91 Å². The van der Waals surface area contributed by atoms with Gasteiger partial charge in [-0.1, -0.05) is 6.07 Å². The number of aryl methyl sites for hydroxylation is 2. The Morgan fingerprint density at radius 1 is 1.22 bits per heavy atom. The smallest absolute Gasteiger partial charge is 0.253 e. The molecule has 1 amide bonds. The van der Waals surface area contributed by atoms with Crippen molar-refractivity contribution in [3.05, 3.63) is 46.0 Å². The molecule has 0 unspecified atom stereocenters. The number of anilines is 1. The normalized spacial score (nSPS) is 11.4. The highest BCUT2D eigenvalue weighted by atomic mass is 32.1. The SMILES string of the molecule is COc1ccc(C)c(-n2c(N)c(C(N)=O)c3c(C)nc4ccsc4c32)c1C. The van der Waals surface area contributed by atoms with Crippen molar-refractivity contribution >= 4 is 44.2 Å². The number of ether oxygens (including phenoxy) is 1. The quantitative estimate of drug-likeness (QED) is 0.564. The van der Waals surface area contributed by atoms with Gasteiger partial charge in [-0.05, 0) is 43.8 Å². The van der Waals surface area contributed by atoms with Gasteiger partial charge in [-0.25, -0.2) is 0 Å². The number of carbonyl (C=O) groups is 1. The summed E-state index contributed by atoms with van der Waals surface area (Å²) in [6, 6.07) is 5.88. The van der Waals surface area contributed by atoms with Crippen LogP contribution >= 0.6 is 11.3 Å². The summed E-state index contributed by atoms with van der Waals surface area (Å²) in [5.41, 5.74) is 17.8. The van der Waals surface area contributed by atoms with E-state index in [1.165, 1.54) is 0 Å². The summed E-state index contributed by atoms with van der Waals surface area (Å²) in [4.78, 5) is 16.9. The zero-order valence-corrected chi connectivity index (χ0v) is 16.4. The lowest BCUT2D eigenvalue weighted by Gasteiger charge is -2.17. The predicted octanol–water partition coefficient (Wildman–Crippen LogP) is 3.86. The van der Waals surface area contributed by atoms with Gasteiger partial charge in [0, 0.05) is 16.6 Å². The number of benzene rings is 1. The summed E-state index contributed by atoms with van der Waals surface area (Å²) < 4.78 is 8.40. The molecule has 138 valence electrons. The fraction of sp³-hybridized carbons (Fsp3) is 0.200. The first kappa shape index (κ1) is 17.4. The highest BCUT2D eigenvalue weighted by molar-refractivity contribution is 7.18. The maximum Gasteiger partial charge on any atom is 0.253 e. The average molecular weight is 380 g/mol. The molecule has 4 N–H and O–H groups in total. The van der Waals surface area contributed by atoms with Gasteiger partial charge in [0.1, 0.15) is 11.6 Å². The fourth-order valence-corrected chi connectivity index (χ4v) is 4.70. The molecule has 0 fully saturated rings. The fourth-order valence-electron chi connectivity index (χ4n) is 3.83. The number of fused-ring (bicyclic) bond motifs is 3. The second-order valence-corrected chi connectivity index (χ2v) is 7.49. The molecule has 0 radical (unpaired) electrons. The lowest BCUT2D eigenvalue weighted by atomic mass is 10.1. The largest absolute Gasteiger partial charge is 0.496 e. The number of nitrogens with zero attached hydrogens (tertiary/aromatic N) is 2. The Hall–Kier alpha value is -3.06. The van der Waals surface area contributed by atoms with Gasteiger partial charge < -0.3 is 16.2 Å². The van der Waals surface area contributed by atoms with Gasteiger partial charge >= 0.3 is 0 Å². The van der Waals surface area contributed by atoms with Crippen LogP contribution in [0.3, 0.4) is 0 Å². The van der Waals surface area contributed by atoms with Crippen LogP contribution in [-0.2, 0) is 0 Å². The zero-order chi connectivity index (χ0) is 19.5. The van der Waals surface area contributed by atoms with Crippen molar-refractivity contribution in [2.75, 3.05) is 12.8 Å². The molecule has 0 saturated carbocycles. The van der Waals surface area contributed by atoms with Gasteiger partial charge in [-0.2, -0.15) is 0 Å². The summed E-state index contributed by atoms with van der Waals surface area (Å²) in [7, 11) is 1.64. The highest BCUT2D eigenvalue weighted by Crippen LogP contribution is 2.41. The third kappa shape index (κ3) is 2.31. The molecule has 3 heterocycles. The molecule has 3 aromatic heterocycles. The van der Waals surface area contributed by atoms with E-state index in [0.29, 0.717) is 16.8 Å². The van der Waals surface area contributed by atoms with E-state index in [1.807, 2.05) is 48.9 Å². The minimum Gasteiger partial charge on any atom is -0.496 e. The van der Waals surface area contributed by atoms with E-state index in [-0.39, 0.29) is 0 Å². The van der Waals surface area contributed by atoms with Crippen molar-refractivity contribution in [3.8, 4) is 11.4 Å². The number of carbonyl (C=O) groups excluding carboxylic acids is 1. The monoisotopic (exact) mass is 380 g/mol. The van der Waals surface area contributed by atoms with Crippen LogP contribution < -0.4 is 16.2 Å².